The molecule has 84 valence electrons. The third-order valence-corrected chi connectivity index (χ3v) is 2.65. The fourth-order valence-corrected chi connectivity index (χ4v) is 1.56. The maximum atomic E-state index is 8.90. The Kier molecular flexibility index (Phi) is 4.43. The Bertz CT molecular complexity index is 312. The topological polar surface area (TPSA) is 58.3 Å². The van der Waals surface area contributed by atoms with E-state index in [4.69, 9.17) is 10.8 Å². The number of para-hydroxylation sites is 1. The number of aliphatic hydroxyl groups excluding tert-OH is 1. The summed E-state index contributed by atoms with van der Waals surface area (Å²) in [6.07, 6.45) is 1.73. The minimum absolute atomic E-state index is 0.206. The smallest absolute Gasteiger partial charge is 0.0579 e. The lowest BCUT2D eigenvalue weighted by Crippen LogP contribution is -2.20. The van der Waals surface area contributed by atoms with Crippen LogP contribution in [0.4, 0.5) is 11.4 Å². The van der Waals surface area contributed by atoms with Gasteiger partial charge in [0.1, 0.15) is 0 Å². The van der Waals surface area contributed by atoms with Crippen molar-refractivity contribution in [1.82, 2.24) is 0 Å². The lowest BCUT2D eigenvalue weighted by atomic mass is 10.1. The van der Waals surface area contributed by atoms with Crippen molar-refractivity contribution in [1.29, 1.82) is 0 Å². The first kappa shape index (κ1) is 11.9. The number of aliphatic hydroxyl groups is 1. The van der Waals surface area contributed by atoms with Gasteiger partial charge < -0.3 is 16.2 Å². The average molecular weight is 208 g/mol. The third kappa shape index (κ3) is 3.13. The van der Waals surface area contributed by atoms with Gasteiger partial charge in [-0.1, -0.05) is 19.1 Å². The van der Waals surface area contributed by atoms with E-state index in [-0.39, 0.29) is 6.61 Å². The monoisotopic (exact) mass is 208 g/mol. The molecule has 0 spiro atoms. The van der Waals surface area contributed by atoms with Crippen LogP contribution in [0, 0.1) is 6.92 Å². The number of nitrogens with one attached hydrogen (secondary N) is 1. The van der Waals surface area contributed by atoms with Crippen LogP contribution in [-0.2, 0) is 0 Å². The fraction of sp³-hybridized carbons (Fsp3) is 0.500. The second-order valence-corrected chi connectivity index (χ2v) is 3.80. The minimum atomic E-state index is 0.206. The fourth-order valence-electron chi connectivity index (χ4n) is 1.56. The van der Waals surface area contributed by atoms with Crippen LogP contribution in [0.3, 0.4) is 0 Å². The van der Waals surface area contributed by atoms with Crippen LogP contribution >= 0.6 is 0 Å². The summed E-state index contributed by atoms with van der Waals surface area (Å²) in [5, 5.41) is 12.3. The van der Waals surface area contributed by atoms with Crippen molar-refractivity contribution < 1.29 is 5.11 Å². The van der Waals surface area contributed by atoms with Crippen molar-refractivity contribution in [2.24, 2.45) is 0 Å². The van der Waals surface area contributed by atoms with E-state index >= 15 is 0 Å². The summed E-state index contributed by atoms with van der Waals surface area (Å²) in [6, 6.07) is 6.24. The van der Waals surface area contributed by atoms with Gasteiger partial charge >= 0.3 is 0 Å². The van der Waals surface area contributed by atoms with Crippen molar-refractivity contribution >= 4 is 11.4 Å². The number of benzene rings is 1. The number of anilines is 2. The Labute approximate surface area is 91.3 Å². The van der Waals surface area contributed by atoms with Gasteiger partial charge in [0.15, 0.2) is 0 Å². The van der Waals surface area contributed by atoms with Crippen LogP contribution < -0.4 is 11.1 Å². The van der Waals surface area contributed by atoms with Crippen molar-refractivity contribution in [2.75, 3.05) is 17.7 Å². The number of hydrogen-bond acceptors (Lipinski definition) is 3. The zero-order valence-electron chi connectivity index (χ0n) is 9.46. The summed E-state index contributed by atoms with van der Waals surface area (Å²) in [6.45, 7) is 4.30. The molecule has 3 nitrogen and oxygen atoms in total. The van der Waals surface area contributed by atoms with E-state index in [0.717, 1.165) is 29.8 Å². The predicted molar refractivity (Wildman–Crippen MR) is 65.0 cm³/mol. The molecule has 0 bridgehead atoms. The number of aryl methyl sites for hydroxylation is 1. The molecule has 1 unspecified atom stereocenters. The molecule has 0 heterocycles. The maximum absolute atomic E-state index is 8.90. The molecule has 0 saturated heterocycles. The van der Waals surface area contributed by atoms with Gasteiger partial charge in [-0.25, -0.2) is 0 Å². The van der Waals surface area contributed by atoms with E-state index in [1.165, 1.54) is 0 Å². The van der Waals surface area contributed by atoms with Crippen LogP contribution in [-0.4, -0.2) is 17.8 Å². The number of nitrogen functional groups attached to an aromatic ring is 1. The Balaban J connectivity index is 2.74. The van der Waals surface area contributed by atoms with Crippen LogP contribution in [0.2, 0.25) is 0 Å². The molecule has 1 aromatic rings. The van der Waals surface area contributed by atoms with Gasteiger partial charge in [0, 0.05) is 12.6 Å². The Morgan fingerprint density at radius 2 is 2.20 bits per heavy atom. The van der Waals surface area contributed by atoms with Crippen LogP contribution in [0.5, 0.6) is 0 Å². The first-order valence-electron chi connectivity index (χ1n) is 5.41. The number of nitrogens with two attached hydrogens (primary N) is 1. The largest absolute Gasteiger partial charge is 0.397 e. The molecule has 0 radical (unpaired) electrons. The highest BCUT2D eigenvalue weighted by atomic mass is 16.3. The van der Waals surface area contributed by atoms with Gasteiger partial charge in [0.2, 0.25) is 0 Å². The lowest BCUT2D eigenvalue weighted by molar-refractivity contribution is 0.278. The molecule has 1 rings (SSSR count). The van der Waals surface area contributed by atoms with Crippen LogP contribution in [0.15, 0.2) is 18.2 Å². The van der Waals surface area contributed by atoms with E-state index in [2.05, 4.69) is 12.2 Å². The second kappa shape index (κ2) is 5.61. The zero-order valence-corrected chi connectivity index (χ0v) is 9.46. The van der Waals surface area contributed by atoms with Crippen LogP contribution in [0.25, 0.3) is 0 Å². The molecule has 0 aliphatic rings. The summed E-state index contributed by atoms with van der Waals surface area (Å²) in [5.41, 5.74) is 8.81. The van der Waals surface area contributed by atoms with Gasteiger partial charge in [0.05, 0.1) is 11.4 Å². The molecular weight excluding hydrogens is 188 g/mol. The predicted octanol–water partition coefficient (Wildman–Crippen LogP) is 2.15. The van der Waals surface area contributed by atoms with Gasteiger partial charge in [-0.05, 0) is 31.4 Å². The molecule has 0 aromatic heterocycles. The molecule has 4 N–H and O–H groups in total. The highest BCUT2D eigenvalue weighted by molar-refractivity contribution is 5.69. The molecule has 0 amide bonds. The first-order valence-corrected chi connectivity index (χ1v) is 5.41. The Hall–Kier alpha value is -1.22. The molecule has 1 atom stereocenters. The van der Waals surface area contributed by atoms with Crippen molar-refractivity contribution in [3.05, 3.63) is 23.8 Å². The average Bonchev–Trinajstić information content (AvgIpc) is 2.24. The molecule has 0 aliphatic heterocycles. The first-order chi connectivity index (χ1) is 7.19. The highest BCUT2D eigenvalue weighted by Gasteiger charge is 2.07. The molecule has 0 aliphatic carbocycles. The van der Waals surface area contributed by atoms with E-state index in [1.807, 2.05) is 25.1 Å². The molecule has 0 saturated carbocycles. The molecule has 3 heteroatoms. The standard InChI is InChI=1S/C12H20N2O/c1-3-10(7-8-15)14-11-6-4-5-9(2)12(11)13/h4-6,10,14-15H,3,7-8,13H2,1-2H3. The summed E-state index contributed by atoms with van der Waals surface area (Å²) >= 11 is 0. The Morgan fingerprint density at radius 1 is 1.47 bits per heavy atom. The zero-order chi connectivity index (χ0) is 11.3. The van der Waals surface area contributed by atoms with E-state index in [0.29, 0.717) is 6.04 Å². The second-order valence-electron chi connectivity index (χ2n) is 3.80. The normalized spacial score (nSPS) is 12.5. The lowest BCUT2D eigenvalue weighted by Gasteiger charge is -2.19. The summed E-state index contributed by atoms with van der Waals surface area (Å²) in [7, 11) is 0. The highest BCUT2D eigenvalue weighted by Crippen LogP contribution is 2.23. The Morgan fingerprint density at radius 3 is 2.80 bits per heavy atom. The van der Waals surface area contributed by atoms with Crippen molar-refractivity contribution in [2.45, 2.75) is 32.7 Å². The molecule has 1 aromatic carbocycles. The van der Waals surface area contributed by atoms with E-state index < -0.39 is 0 Å². The molecular formula is C12H20N2O. The summed E-state index contributed by atoms with van der Waals surface area (Å²) in [4.78, 5) is 0. The van der Waals surface area contributed by atoms with Gasteiger partial charge in [-0.3, -0.25) is 0 Å². The van der Waals surface area contributed by atoms with Gasteiger partial charge in [-0.15, -0.1) is 0 Å². The summed E-state index contributed by atoms with van der Waals surface area (Å²) in [5.74, 6) is 0. The summed E-state index contributed by atoms with van der Waals surface area (Å²) < 4.78 is 0. The number of rotatable bonds is 5. The minimum Gasteiger partial charge on any atom is -0.397 e. The van der Waals surface area contributed by atoms with Crippen LogP contribution in [0.1, 0.15) is 25.3 Å². The quantitative estimate of drug-likeness (QED) is 0.650. The van der Waals surface area contributed by atoms with E-state index in [9.17, 15) is 0 Å². The third-order valence-electron chi connectivity index (χ3n) is 2.65. The van der Waals surface area contributed by atoms with E-state index in [1.54, 1.807) is 0 Å². The van der Waals surface area contributed by atoms with Crippen molar-refractivity contribution in [3.63, 3.8) is 0 Å². The number of hydrogen-bond donors (Lipinski definition) is 3. The maximum Gasteiger partial charge on any atom is 0.0579 e. The molecule has 15 heavy (non-hydrogen) atoms. The van der Waals surface area contributed by atoms with Gasteiger partial charge in [0.25, 0.3) is 0 Å². The van der Waals surface area contributed by atoms with Crippen molar-refractivity contribution in [3.8, 4) is 0 Å². The molecule has 0 fully saturated rings. The van der Waals surface area contributed by atoms with Gasteiger partial charge in [-0.2, -0.15) is 0 Å². The SMILES string of the molecule is CCC(CCO)Nc1cccc(C)c1N.